The van der Waals surface area contributed by atoms with Gasteiger partial charge in [0, 0.05) is 53.4 Å². The van der Waals surface area contributed by atoms with E-state index in [0.717, 1.165) is 77.0 Å². The molecule has 0 N–H and O–H groups in total. The lowest BCUT2D eigenvalue weighted by Crippen LogP contribution is -2.68. The fourth-order valence-electron chi connectivity index (χ4n) is 3.43. The van der Waals surface area contributed by atoms with Crippen molar-refractivity contribution in [2.24, 2.45) is 0 Å². The molecular formula is C28H64O10Si3. The van der Waals surface area contributed by atoms with Gasteiger partial charge in [-0.3, -0.25) is 0 Å². The summed E-state index contributed by atoms with van der Waals surface area (Å²) in [6.45, 7) is 17.6. The minimum atomic E-state index is -3.78. The van der Waals surface area contributed by atoms with Crippen molar-refractivity contribution in [2.45, 2.75) is 126 Å². The first-order valence-electron chi connectivity index (χ1n) is 16.3. The van der Waals surface area contributed by atoms with Crippen molar-refractivity contribution >= 4 is 26.9 Å². The number of rotatable bonds is 32. The van der Waals surface area contributed by atoms with Crippen molar-refractivity contribution in [1.29, 1.82) is 0 Å². The van der Waals surface area contributed by atoms with Gasteiger partial charge in [0.15, 0.2) is 0 Å². The highest BCUT2D eigenvalue weighted by atomic mass is 28.5. The SMILES string of the molecule is CCCCO[Si](OCCCC)(OCCCC)O[Si](COC)(OCC)O[Si](OCCCC)(OCCCC)OCCCC. The number of unbranched alkanes of at least 4 members (excludes halogenated alkanes) is 6. The van der Waals surface area contributed by atoms with Crippen molar-refractivity contribution in [1.82, 2.24) is 0 Å². The molecule has 0 aliphatic rings. The zero-order valence-electron chi connectivity index (χ0n) is 27.7. The molecule has 0 atom stereocenters. The van der Waals surface area contributed by atoms with Crippen molar-refractivity contribution in [3.05, 3.63) is 0 Å². The fraction of sp³-hybridized carbons (Fsp3) is 1.00. The van der Waals surface area contributed by atoms with Gasteiger partial charge in [0.05, 0.1) is 0 Å². The highest BCUT2D eigenvalue weighted by molar-refractivity contribution is 6.77. The van der Waals surface area contributed by atoms with Crippen LogP contribution < -0.4 is 0 Å². The normalized spacial score (nSPS) is 12.9. The molecule has 0 aromatic carbocycles. The van der Waals surface area contributed by atoms with Gasteiger partial charge >= 0.3 is 26.9 Å². The van der Waals surface area contributed by atoms with Crippen molar-refractivity contribution in [3.8, 4) is 0 Å². The molecule has 0 aliphatic carbocycles. The van der Waals surface area contributed by atoms with Crippen LogP contribution in [0, 0.1) is 0 Å². The number of methoxy groups -OCH3 is 1. The van der Waals surface area contributed by atoms with Crippen LogP contribution in [-0.2, 0) is 43.9 Å². The number of ether oxygens (including phenoxy) is 1. The molecule has 0 aliphatic heterocycles. The van der Waals surface area contributed by atoms with Crippen LogP contribution in [0.25, 0.3) is 0 Å². The van der Waals surface area contributed by atoms with E-state index in [-0.39, 0.29) is 6.23 Å². The average molecular weight is 645 g/mol. The van der Waals surface area contributed by atoms with Crippen LogP contribution in [-0.4, -0.2) is 86.5 Å². The first kappa shape index (κ1) is 41.3. The van der Waals surface area contributed by atoms with Crippen LogP contribution in [0.2, 0.25) is 0 Å². The molecule has 0 saturated carbocycles. The Balaban J connectivity index is 6.67. The summed E-state index contributed by atoms with van der Waals surface area (Å²) in [6.07, 6.45) is 10.9. The van der Waals surface area contributed by atoms with E-state index in [1.807, 2.05) is 6.92 Å². The monoisotopic (exact) mass is 644 g/mol. The van der Waals surface area contributed by atoms with E-state index in [1.165, 1.54) is 0 Å². The van der Waals surface area contributed by atoms with Gasteiger partial charge in [0.2, 0.25) is 0 Å². The van der Waals surface area contributed by atoms with Crippen molar-refractivity contribution < 1.29 is 43.9 Å². The minimum absolute atomic E-state index is 0.0428. The van der Waals surface area contributed by atoms with E-state index in [1.54, 1.807) is 7.11 Å². The summed E-state index contributed by atoms with van der Waals surface area (Å²) in [5.74, 6) is 0. The molecule has 0 saturated heterocycles. The molecule has 0 aromatic heterocycles. The highest BCUT2D eigenvalue weighted by Gasteiger charge is 2.63. The Hall–Kier alpha value is 0.251. The lowest BCUT2D eigenvalue weighted by molar-refractivity contribution is -0.0557. The van der Waals surface area contributed by atoms with Crippen LogP contribution in [0.5, 0.6) is 0 Å². The molecule has 0 spiro atoms. The van der Waals surface area contributed by atoms with E-state index < -0.39 is 26.9 Å². The Kier molecular flexibility index (Phi) is 26.8. The van der Waals surface area contributed by atoms with Gasteiger partial charge in [-0.25, -0.2) is 0 Å². The highest BCUT2D eigenvalue weighted by Crippen LogP contribution is 2.28. The first-order valence-corrected chi connectivity index (χ1v) is 21.5. The summed E-state index contributed by atoms with van der Waals surface area (Å²) in [6, 6.07) is 0. The van der Waals surface area contributed by atoms with Crippen LogP contribution in [0.1, 0.15) is 126 Å². The minimum Gasteiger partial charge on any atom is -0.380 e. The Labute approximate surface area is 255 Å². The topological polar surface area (TPSA) is 92.3 Å². The Bertz CT molecular complexity index is 476. The zero-order chi connectivity index (χ0) is 30.7. The summed E-state index contributed by atoms with van der Waals surface area (Å²) in [7, 11) is -9.67. The molecule has 10 nitrogen and oxygen atoms in total. The molecule has 0 heterocycles. The van der Waals surface area contributed by atoms with Crippen LogP contribution in [0.3, 0.4) is 0 Å². The summed E-state index contributed by atoms with van der Waals surface area (Å²) in [5.41, 5.74) is 0. The molecule has 41 heavy (non-hydrogen) atoms. The maximum Gasteiger partial charge on any atom is 0.672 e. The maximum absolute atomic E-state index is 6.86. The third-order valence-corrected chi connectivity index (χ3v) is 15.1. The van der Waals surface area contributed by atoms with Gasteiger partial charge in [0.25, 0.3) is 0 Å². The summed E-state index contributed by atoms with van der Waals surface area (Å²) < 4.78 is 64.2. The van der Waals surface area contributed by atoms with E-state index in [9.17, 15) is 0 Å². The molecule has 0 unspecified atom stereocenters. The van der Waals surface area contributed by atoms with E-state index in [4.69, 9.17) is 43.9 Å². The van der Waals surface area contributed by atoms with Crippen LogP contribution >= 0.6 is 0 Å². The summed E-state index contributed by atoms with van der Waals surface area (Å²) >= 11 is 0. The van der Waals surface area contributed by atoms with Gasteiger partial charge in [-0.1, -0.05) is 80.1 Å². The van der Waals surface area contributed by atoms with E-state index >= 15 is 0 Å². The second-order valence-corrected chi connectivity index (χ2v) is 17.3. The molecule has 0 fully saturated rings. The Morgan fingerprint density at radius 1 is 0.390 bits per heavy atom. The van der Waals surface area contributed by atoms with Gasteiger partial charge < -0.3 is 43.9 Å². The maximum atomic E-state index is 6.86. The molecule has 0 bridgehead atoms. The second-order valence-electron chi connectivity index (χ2n) is 9.97. The molecule has 13 heteroatoms. The first-order chi connectivity index (χ1) is 19.9. The molecule has 0 rings (SSSR count). The predicted octanol–water partition coefficient (Wildman–Crippen LogP) is 6.95. The smallest absolute Gasteiger partial charge is 0.380 e. The second kappa shape index (κ2) is 26.6. The summed E-state index contributed by atoms with van der Waals surface area (Å²) in [5, 5.41) is 0. The largest absolute Gasteiger partial charge is 0.672 e. The van der Waals surface area contributed by atoms with Gasteiger partial charge in [-0.05, 0) is 45.4 Å². The molecule has 0 radical (unpaired) electrons. The van der Waals surface area contributed by atoms with E-state index in [2.05, 4.69) is 41.5 Å². The molecule has 248 valence electrons. The van der Waals surface area contributed by atoms with E-state index in [0.29, 0.717) is 46.2 Å². The number of hydrogen-bond donors (Lipinski definition) is 0. The van der Waals surface area contributed by atoms with Gasteiger partial charge in [-0.2, -0.15) is 0 Å². The molecular weight excluding hydrogens is 581 g/mol. The summed E-state index contributed by atoms with van der Waals surface area (Å²) in [4.78, 5) is 0. The van der Waals surface area contributed by atoms with Gasteiger partial charge in [-0.15, -0.1) is 0 Å². The third-order valence-electron chi connectivity index (χ3n) is 5.91. The lowest BCUT2D eigenvalue weighted by atomic mass is 10.4. The Morgan fingerprint density at radius 2 is 0.659 bits per heavy atom. The van der Waals surface area contributed by atoms with Crippen molar-refractivity contribution in [2.75, 3.05) is 59.6 Å². The van der Waals surface area contributed by atoms with Crippen molar-refractivity contribution in [3.63, 3.8) is 0 Å². The van der Waals surface area contributed by atoms with Crippen LogP contribution in [0.4, 0.5) is 0 Å². The zero-order valence-corrected chi connectivity index (χ0v) is 30.7. The average Bonchev–Trinajstić information content (AvgIpc) is 2.94. The molecule has 0 amide bonds. The quantitative estimate of drug-likeness (QED) is 0.0566. The standard InChI is InChI=1S/C28H64O10Si3/c1-9-16-22-31-40(32-23-17-10-2,33-24-18-11-3)37-39(28-29-8,30-15-7)38-41(34-25-19-12-4,35-26-20-13-5)36-27-21-14-6/h9-28H2,1-8H3. The molecule has 0 aromatic rings. The van der Waals surface area contributed by atoms with Crippen LogP contribution in [0.15, 0.2) is 0 Å². The Morgan fingerprint density at radius 3 is 0.854 bits per heavy atom. The third kappa shape index (κ3) is 18.6. The van der Waals surface area contributed by atoms with Gasteiger partial charge in [0.1, 0.15) is 6.23 Å². The fourth-order valence-corrected chi connectivity index (χ4v) is 13.1. The predicted molar refractivity (Wildman–Crippen MR) is 168 cm³/mol. The lowest BCUT2D eigenvalue weighted by Gasteiger charge is -2.40. The number of hydrogen-bond acceptors (Lipinski definition) is 10.